The van der Waals surface area contributed by atoms with E-state index < -0.39 is 0 Å². The van der Waals surface area contributed by atoms with E-state index in [0.717, 1.165) is 29.8 Å². The molecule has 1 N–H and O–H groups in total. The van der Waals surface area contributed by atoms with Gasteiger partial charge in [-0.3, -0.25) is 4.79 Å². The summed E-state index contributed by atoms with van der Waals surface area (Å²) in [4.78, 5) is 11.7. The molecule has 2 aromatic rings. The van der Waals surface area contributed by atoms with Gasteiger partial charge in [0.25, 0.3) is 0 Å². The fraction of sp³-hybridized carbons (Fsp3) is 0.385. The third-order valence-electron chi connectivity index (χ3n) is 2.86. The first-order valence-corrected chi connectivity index (χ1v) is 6.94. The van der Waals surface area contributed by atoms with Crippen LogP contribution in [0.15, 0.2) is 24.5 Å². The Labute approximate surface area is 122 Å². The topological polar surface area (TPSA) is 72.7 Å². The number of amides is 1. The number of nitrogens with zero attached hydrogens (tertiary/aromatic N) is 4. The summed E-state index contributed by atoms with van der Waals surface area (Å²) in [6, 6.07) is 5.61. The number of hydrogen-bond acceptors (Lipinski definition) is 4. The zero-order valence-electron chi connectivity index (χ0n) is 11.2. The summed E-state index contributed by atoms with van der Waals surface area (Å²) in [6.07, 6.45) is 3.68. The number of anilines is 1. The average Bonchev–Trinajstić information content (AvgIpc) is 2.93. The SMILES string of the molecule is Cc1cc(NC(=O)CCCCCl)ccc1-n1cnnn1. The molecule has 6 nitrogen and oxygen atoms in total. The van der Waals surface area contributed by atoms with Crippen LogP contribution in [0.1, 0.15) is 24.8 Å². The van der Waals surface area contributed by atoms with Crippen LogP contribution in [0.4, 0.5) is 5.69 Å². The van der Waals surface area contributed by atoms with Gasteiger partial charge >= 0.3 is 0 Å². The van der Waals surface area contributed by atoms with Gasteiger partial charge in [0.1, 0.15) is 6.33 Å². The van der Waals surface area contributed by atoms with Crippen molar-refractivity contribution < 1.29 is 4.79 Å². The molecule has 106 valence electrons. The lowest BCUT2D eigenvalue weighted by atomic mass is 10.1. The van der Waals surface area contributed by atoms with Crippen LogP contribution in [0, 0.1) is 6.92 Å². The van der Waals surface area contributed by atoms with Gasteiger partial charge in [-0.05, 0) is 54.0 Å². The fourth-order valence-corrected chi connectivity index (χ4v) is 2.05. The highest BCUT2D eigenvalue weighted by molar-refractivity contribution is 6.17. The molecule has 1 aromatic carbocycles. The fourth-order valence-electron chi connectivity index (χ4n) is 1.87. The summed E-state index contributed by atoms with van der Waals surface area (Å²) in [5.74, 6) is 0.595. The average molecular weight is 294 g/mol. The molecular weight excluding hydrogens is 278 g/mol. The summed E-state index contributed by atoms with van der Waals surface area (Å²) >= 11 is 5.58. The van der Waals surface area contributed by atoms with Crippen molar-refractivity contribution in [3.8, 4) is 5.69 Å². The minimum Gasteiger partial charge on any atom is -0.326 e. The lowest BCUT2D eigenvalue weighted by molar-refractivity contribution is -0.116. The van der Waals surface area contributed by atoms with Gasteiger partial charge < -0.3 is 5.32 Å². The molecule has 0 fully saturated rings. The van der Waals surface area contributed by atoms with Crippen molar-refractivity contribution in [2.45, 2.75) is 26.2 Å². The van der Waals surface area contributed by atoms with Crippen LogP contribution in [0.2, 0.25) is 0 Å². The van der Waals surface area contributed by atoms with Crippen LogP contribution in [0.5, 0.6) is 0 Å². The number of alkyl halides is 1. The van der Waals surface area contributed by atoms with E-state index in [0.29, 0.717) is 12.3 Å². The van der Waals surface area contributed by atoms with Gasteiger partial charge in [0.15, 0.2) is 0 Å². The van der Waals surface area contributed by atoms with Crippen molar-refractivity contribution in [3.05, 3.63) is 30.1 Å². The maximum atomic E-state index is 11.7. The first kappa shape index (κ1) is 14.5. The molecule has 0 bridgehead atoms. The van der Waals surface area contributed by atoms with Gasteiger partial charge in [0.05, 0.1) is 5.69 Å². The maximum absolute atomic E-state index is 11.7. The highest BCUT2D eigenvalue weighted by Crippen LogP contribution is 2.18. The zero-order chi connectivity index (χ0) is 14.4. The minimum atomic E-state index is 0.00434. The van der Waals surface area contributed by atoms with Gasteiger partial charge in [0.2, 0.25) is 5.91 Å². The lowest BCUT2D eigenvalue weighted by Crippen LogP contribution is -2.11. The predicted molar refractivity (Wildman–Crippen MR) is 77.1 cm³/mol. The van der Waals surface area contributed by atoms with E-state index in [1.807, 2.05) is 25.1 Å². The highest BCUT2D eigenvalue weighted by Gasteiger charge is 2.06. The van der Waals surface area contributed by atoms with Crippen LogP contribution in [-0.2, 0) is 4.79 Å². The second-order valence-electron chi connectivity index (χ2n) is 4.45. The summed E-state index contributed by atoms with van der Waals surface area (Å²) in [7, 11) is 0. The third-order valence-corrected chi connectivity index (χ3v) is 3.13. The largest absolute Gasteiger partial charge is 0.326 e. The Kier molecular flexibility index (Phi) is 5.06. The van der Waals surface area contributed by atoms with Crippen molar-refractivity contribution in [2.75, 3.05) is 11.2 Å². The van der Waals surface area contributed by atoms with Crippen LogP contribution < -0.4 is 5.32 Å². The number of tetrazole rings is 1. The second-order valence-corrected chi connectivity index (χ2v) is 4.83. The van der Waals surface area contributed by atoms with E-state index in [1.54, 1.807) is 4.68 Å². The molecule has 0 saturated heterocycles. The number of aromatic nitrogens is 4. The highest BCUT2D eigenvalue weighted by atomic mass is 35.5. The molecular formula is C13H16ClN5O. The van der Waals surface area contributed by atoms with Crippen molar-refractivity contribution in [2.24, 2.45) is 0 Å². The van der Waals surface area contributed by atoms with Gasteiger partial charge in [-0.15, -0.1) is 16.7 Å². The molecule has 0 aliphatic rings. The van der Waals surface area contributed by atoms with E-state index in [1.165, 1.54) is 6.33 Å². The second kappa shape index (κ2) is 7.00. The maximum Gasteiger partial charge on any atom is 0.224 e. The molecule has 1 heterocycles. The summed E-state index contributed by atoms with van der Waals surface area (Å²) in [5.41, 5.74) is 2.64. The molecule has 7 heteroatoms. The first-order valence-electron chi connectivity index (χ1n) is 6.40. The van der Waals surface area contributed by atoms with Gasteiger partial charge in [-0.25, -0.2) is 4.68 Å². The predicted octanol–water partition coefficient (Wildman–Crippen LogP) is 2.32. The number of benzene rings is 1. The molecule has 0 unspecified atom stereocenters. The zero-order valence-corrected chi connectivity index (χ0v) is 12.0. The normalized spacial score (nSPS) is 10.5. The first-order chi connectivity index (χ1) is 9.70. The third kappa shape index (κ3) is 3.77. The minimum absolute atomic E-state index is 0.00434. The Bertz CT molecular complexity index is 570. The van der Waals surface area contributed by atoms with Gasteiger partial charge in [-0.1, -0.05) is 0 Å². The van der Waals surface area contributed by atoms with Gasteiger partial charge in [0, 0.05) is 18.0 Å². The molecule has 1 amide bonds. The quantitative estimate of drug-likeness (QED) is 0.655. The molecule has 1 aromatic heterocycles. The number of carbonyl (C=O) groups is 1. The number of hydrogen-bond donors (Lipinski definition) is 1. The summed E-state index contributed by atoms with van der Waals surface area (Å²) in [5, 5.41) is 13.9. The van der Waals surface area contributed by atoms with Gasteiger partial charge in [-0.2, -0.15) is 0 Å². The van der Waals surface area contributed by atoms with Crippen LogP contribution >= 0.6 is 11.6 Å². The Hall–Kier alpha value is -1.95. The molecule has 0 atom stereocenters. The Morgan fingerprint density at radius 3 is 2.90 bits per heavy atom. The van der Waals surface area contributed by atoms with E-state index in [2.05, 4.69) is 20.8 Å². The molecule has 0 radical (unpaired) electrons. The van der Waals surface area contributed by atoms with Crippen LogP contribution in [0.3, 0.4) is 0 Å². The Balaban J connectivity index is 2.00. The molecule has 0 saturated carbocycles. The summed E-state index contributed by atoms with van der Waals surface area (Å²) < 4.78 is 1.58. The molecule has 0 aliphatic heterocycles. The smallest absolute Gasteiger partial charge is 0.224 e. The monoisotopic (exact) mass is 293 g/mol. The summed E-state index contributed by atoms with van der Waals surface area (Å²) in [6.45, 7) is 1.94. The molecule has 20 heavy (non-hydrogen) atoms. The van der Waals surface area contributed by atoms with Crippen molar-refractivity contribution in [1.82, 2.24) is 20.2 Å². The van der Waals surface area contributed by atoms with Crippen LogP contribution in [-0.4, -0.2) is 32.0 Å². The Morgan fingerprint density at radius 1 is 1.40 bits per heavy atom. The lowest BCUT2D eigenvalue weighted by Gasteiger charge is -2.09. The van der Waals surface area contributed by atoms with Crippen molar-refractivity contribution in [3.63, 3.8) is 0 Å². The standard InChI is InChI=1S/C13H16ClN5O/c1-10-8-11(16-13(20)4-2-3-7-14)5-6-12(10)19-9-15-17-18-19/h5-6,8-9H,2-4,7H2,1H3,(H,16,20). The number of aryl methyl sites for hydroxylation is 1. The number of nitrogens with one attached hydrogen (secondary N) is 1. The molecule has 2 rings (SSSR count). The van der Waals surface area contributed by atoms with E-state index in [-0.39, 0.29) is 5.91 Å². The van der Waals surface area contributed by atoms with E-state index >= 15 is 0 Å². The van der Waals surface area contributed by atoms with E-state index in [9.17, 15) is 4.79 Å². The van der Waals surface area contributed by atoms with Crippen molar-refractivity contribution >= 4 is 23.2 Å². The number of halogens is 1. The number of unbranched alkanes of at least 4 members (excludes halogenated alkanes) is 1. The molecule has 0 spiro atoms. The molecule has 0 aliphatic carbocycles. The van der Waals surface area contributed by atoms with E-state index in [4.69, 9.17) is 11.6 Å². The number of carbonyl (C=O) groups excluding carboxylic acids is 1. The van der Waals surface area contributed by atoms with Crippen LogP contribution in [0.25, 0.3) is 5.69 Å². The van der Waals surface area contributed by atoms with Crippen molar-refractivity contribution in [1.29, 1.82) is 0 Å². The number of rotatable bonds is 6. The Morgan fingerprint density at radius 2 is 2.25 bits per heavy atom.